The zero-order valence-corrected chi connectivity index (χ0v) is 23.1. The minimum absolute atomic E-state index is 0.00853. The van der Waals surface area contributed by atoms with E-state index in [1.165, 1.54) is 48.9 Å². The first kappa shape index (κ1) is 31.1. The summed E-state index contributed by atoms with van der Waals surface area (Å²) in [7, 11) is 0. The van der Waals surface area contributed by atoms with Gasteiger partial charge in [-0.3, -0.25) is 9.36 Å². The van der Waals surface area contributed by atoms with Crippen molar-refractivity contribution in [2.24, 2.45) is 0 Å². The van der Waals surface area contributed by atoms with Crippen molar-refractivity contribution in [3.05, 3.63) is 75.9 Å². The fourth-order valence-corrected chi connectivity index (χ4v) is 4.59. The topological polar surface area (TPSA) is 136 Å². The third-order valence-corrected chi connectivity index (χ3v) is 6.93. The third-order valence-electron chi connectivity index (χ3n) is 6.68. The zero-order chi connectivity index (χ0) is 31.8. The number of pyridine rings is 1. The maximum atomic E-state index is 13.3. The van der Waals surface area contributed by atoms with Crippen LogP contribution in [0.15, 0.2) is 53.7 Å². The van der Waals surface area contributed by atoms with Gasteiger partial charge in [0.1, 0.15) is 18.9 Å². The summed E-state index contributed by atoms with van der Waals surface area (Å²) in [6.45, 7) is -2.24. The minimum Gasteiger partial charge on any atom is -0.382 e. The average Bonchev–Trinajstić information content (AvgIpc) is 3.57. The van der Waals surface area contributed by atoms with E-state index in [4.69, 9.17) is 11.6 Å². The van der Waals surface area contributed by atoms with Gasteiger partial charge in [0.25, 0.3) is 5.91 Å². The van der Waals surface area contributed by atoms with Crippen molar-refractivity contribution in [2.75, 3.05) is 19.6 Å². The number of aliphatic hydroxyl groups excluding tert-OH is 1. The van der Waals surface area contributed by atoms with Gasteiger partial charge < -0.3 is 15.3 Å². The van der Waals surface area contributed by atoms with Crippen molar-refractivity contribution in [3.63, 3.8) is 0 Å². The monoisotopic (exact) mass is 645 g/mol. The number of benzene rings is 1. The molecule has 4 heterocycles. The SMILES string of the molecule is O=C(c1ncccc1-n1cnc(Cn2nc(-c3ccc(Cl)cc3)n(C[C@@H](O)C(F)(F)F)c2=O)n1)N1CCNC(C(F)(F)F)C1. The fraction of sp³-hybridized carbons (Fsp3) is 0.360. The Bertz CT molecular complexity index is 1700. The van der Waals surface area contributed by atoms with Gasteiger partial charge >= 0.3 is 18.0 Å². The van der Waals surface area contributed by atoms with Gasteiger partial charge in [0, 0.05) is 36.4 Å². The van der Waals surface area contributed by atoms with Gasteiger partial charge in [-0.15, -0.1) is 10.2 Å². The lowest BCUT2D eigenvalue weighted by molar-refractivity contribution is -0.207. The molecule has 0 aliphatic carbocycles. The van der Waals surface area contributed by atoms with Crippen LogP contribution >= 0.6 is 11.6 Å². The van der Waals surface area contributed by atoms with Crippen molar-refractivity contribution in [1.29, 1.82) is 0 Å². The molecule has 3 aromatic heterocycles. The van der Waals surface area contributed by atoms with Crippen LogP contribution in [0.4, 0.5) is 26.3 Å². The van der Waals surface area contributed by atoms with E-state index in [1.807, 2.05) is 0 Å². The predicted molar refractivity (Wildman–Crippen MR) is 141 cm³/mol. The Balaban J connectivity index is 1.43. The van der Waals surface area contributed by atoms with Crippen molar-refractivity contribution in [3.8, 4) is 17.1 Å². The maximum absolute atomic E-state index is 13.3. The third kappa shape index (κ3) is 6.61. The average molecular weight is 646 g/mol. The Morgan fingerprint density at radius 1 is 1.09 bits per heavy atom. The van der Waals surface area contributed by atoms with E-state index in [-0.39, 0.29) is 41.7 Å². The second kappa shape index (κ2) is 12.0. The maximum Gasteiger partial charge on any atom is 0.416 e. The van der Waals surface area contributed by atoms with Crippen LogP contribution in [0.25, 0.3) is 17.1 Å². The Morgan fingerprint density at radius 3 is 2.50 bits per heavy atom. The van der Waals surface area contributed by atoms with Gasteiger partial charge in [0.2, 0.25) is 0 Å². The molecular formula is C25H22ClF6N9O3. The van der Waals surface area contributed by atoms with Gasteiger partial charge in [0.05, 0.1) is 12.2 Å². The zero-order valence-electron chi connectivity index (χ0n) is 22.3. The number of amides is 1. The van der Waals surface area contributed by atoms with Gasteiger partial charge in [-0.1, -0.05) is 11.6 Å². The molecule has 0 spiro atoms. The summed E-state index contributed by atoms with van der Waals surface area (Å²) in [5.41, 5.74) is -0.854. The number of aromatic nitrogens is 7. The Labute approximate surface area is 248 Å². The van der Waals surface area contributed by atoms with E-state index in [9.17, 15) is 41.0 Å². The number of alkyl halides is 6. The van der Waals surface area contributed by atoms with Gasteiger partial charge in [-0.2, -0.15) is 26.3 Å². The van der Waals surface area contributed by atoms with Crippen molar-refractivity contribution < 1.29 is 36.2 Å². The first-order valence-corrected chi connectivity index (χ1v) is 13.2. The highest BCUT2D eigenvalue weighted by molar-refractivity contribution is 6.30. The van der Waals surface area contributed by atoms with Crippen LogP contribution < -0.4 is 11.0 Å². The molecule has 1 saturated heterocycles. The molecule has 0 radical (unpaired) electrons. The van der Waals surface area contributed by atoms with E-state index >= 15 is 0 Å². The lowest BCUT2D eigenvalue weighted by atomic mass is 10.1. The quantitative estimate of drug-likeness (QED) is 0.293. The van der Waals surface area contributed by atoms with Crippen LogP contribution in [0.2, 0.25) is 5.02 Å². The Kier molecular flexibility index (Phi) is 8.50. The second-order valence-corrected chi connectivity index (χ2v) is 10.2. The largest absolute Gasteiger partial charge is 0.416 e. The second-order valence-electron chi connectivity index (χ2n) is 9.71. The molecule has 1 aromatic carbocycles. The summed E-state index contributed by atoms with van der Waals surface area (Å²) in [4.78, 5) is 35.5. The summed E-state index contributed by atoms with van der Waals surface area (Å²) in [5.74, 6) is -0.987. The molecule has 2 atom stereocenters. The molecule has 1 fully saturated rings. The molecule has 1 unspecified atom stereocenters. The molecule has 234 valence electrons. The van der Waals surface area contributed by atoms with E-state index in [1.54, 1.807) is 0 Å². The van der Waals surface area contributed by atoms with Crippen LogP contribution in [-0.4, -0.2) is 94.1 Å². The highest BCUT2D eigenvalue weighted by atomic mass is 35.5. The van der Waals surface area contributed by atoms with E-state index in [0.717, 1.165) is 14.3 Å². The molecule has 1 aliphatic rings. The van der Waals surface area contributed by atoms with Crippen LogP contribution in [0, 0.1) is 0 Å². The van der Waals surface area contributed by atoms with Gasteiger partial charge in [-0.25, -0.2) is 24.1 Å². The molecule has 2 N–H and O–H groups in total. The predicted octanol–water partition coefficient (Wildman–Crippen LogP) is 2.29. The smallest absolute Gasteiger partial charge is 0.382 e. The highest BCUT2D eigenvalue weighted by Gasteiger charge is 2.43. The molecule has 1 aliphatic heterocycles. The summed E-state index contributed by atoms with van der Waals surface area (Å²) >= 11 is 5.90. The molecule has 4 aromatic rings. The molecular weight excluding hydrogens is 624 g/mol. The molecule has 19 heteroatoms. The number of nitrogens with zero attached hydrogens (tertiary/aromatic N) is 8. The summed E-state index contributed by atoms with van der Waals surface area (Å²) < 4.78 is 81.8. The van der Waals surface area contributed by atoms with Crippen molar-refractivity contribution in [1.82, 2.24) is 44.3 Å². The normalized spacial score (nSPS) is 16.7. The van der Waals surface area contributed by atoms with Crippen LogP contribution in [0.3, 0.4) is 0 Å². The Morgan fingerprint density at radius 2 is 1.82 bits per heavy atom. The van der Waals surface area contributed by atoms with Gasteiger partial charge in [-0.05, 0) is 36.4 Å². The van der Waals surface area contributed by atoms with E-state index < -0.39 is 55.7 Å². The highest BCUT2D eigenvalue weighted by Crippen LogP contribution is 2.25. The Hall–Kier alpha value is -4.29. The molecule has 0 bridgehead atoms. The lowest BCUT2D eigenvalue weighted by Gasteiger charge is -2.34. The summed E-state index contributed by atoms with van der Waals surface area (Å²) in [5, 5.41) is 20.7. The van der Waals surface area contributed by atoms with Crippen molar-refractivity contribution in [2.45, 2.75) is 37.6 Å². The number of hydrogen-bond acceptors (Lipinski definition) is 8. The fourth-order valence-electron chi connectivity index (χ4n) is 4.47. The molecule has 12 nitrogen and oxygen atoms in total. The lowest BCUT2D eigenvalue weighted by Crippen LogP contribution is -2.58. The van der Waals surface area contributed by atoms with Crippen molar-refractivity contribution >= 4 is 17.5 Å². The number of piperazine rings is 1. The first-order valence-electron chi connectivity index (χ1n) is 12.9. The minimum atomic E-state index is -5.00. The van der Waals surface area contributed by atoms with E-state index in [0.29, 0.717) is 9.59 Å². The summed E-state index contributed by atoms with van der Waals surface area (Å²) in [6.07, 6.45) is -9.95. The number of rotatable bonds is 7. The van der Waals surface area contributed by atoms with Gasteiger partial charge in [0.15, 0.2) is 23.4 Å². The summed E-state index contributed by atoms with van der Waals surface area (Å²) in [6, 6.07) is 6.79. The van der Waals surface area contributed by atoms with Crippen LogP contribution in [-0.2, 0) is 13.1 Å². The number of carbonyl (C=O) groups excluding carboxylic acids is 1. The number of halogens is 7. The van der Waals surface area contributed by atoms with Crippen LogP contribution in [0.5, 0.6) is 0 Å². The molecule has 44 heavy (non-hydrogen) atoms. The molecule has 5 rings (SSSR count). The number of aliphatic hydroxyl groups is 1. The first-order chi connectivity index (χ1) is 20.7. The number of nitrogens with one attached hydrogen (secondary N) is 1. The molecule has 1 amide bonds. The number of hydrogen-bond donors (Lipinski definition) is 2. The number of carbonyl (C=O) groups is 1. The molecule has 0 saturated carbocycles. The van der Waals surface area contributed by atoms with Crippen LogP contribution in [0.1, 0.15) is 16.3 Å². The standard InChI is InChI=1S/C25H22ClF6N9O3/c26-15-5-3-14(4-6-15)21-37-40(23(44)39(21)11-18(42)25(30,31)32)12-19-35-13-41(36-19)16-2-1-7-34-20(16)22(43)38-9-8-33-17(10-38)24(27,28)29/h1-7,13,17-18,33,42H,8-12H2/t17?,18-/m1/s1. The van der Waals surface area contributed by atoms with E-state index in [2.05, 4.69) is 25.5 Å².